The average Bonchev–Trinajstić information content (AvgIpc) is 3.91. The Morgan fingerprint density at radius 1 is 0.397 bits per heavy atom. The molecule has 0 atom stereocenters. The molecule has 0 saturated carbocycles. The molecule has 68 heavy (non-hydrogen) atoms. The van der Waals surface area contributed by atoms with Gasteiger partial charge in [-0.2, -0.15) is 0 Å². The van der Waals surface area contributed by atoms with E-state index in [0.29, 0.717) is 11.6 Å². The second kappa shape index (κ2) is 17.9. The maximum absolute atomic E-state index is 6.75. The zero-order valence-corrected chi connectivity index (χ0v) is 39.1. The maximum atomic E-state index is 6.75. The van der Waals surface area contributed by atoms with Crippen molar-refractivity contribution in [2.75, 3.05) is 9.62 Å². The topological polar surface area (TPSA) is 38.5 Å². The minimum absolute atomic E-state index is 0.181. The number of pyridine rings is 1. The number of para-hydroxylation sites is 6. The average molecular weight is 1050 g/mol. The number of benzene rings is 9. The van der Waals surface area contributed by atoms with Crippen molar-refractivity contribution < 1.29 is 24.1 Å². The molecule has 0 amide bonds. The summed E-state index contributed by atoms with van der Waals surface area (Å²) in [6.45, 7) is -0.181. The Morgan fingerprint density at radius 3 is 1.59 bits per heavy atom. The van der Waals surface area contributed by atoms with E-state index in [0.717, 1.165) is 76.8 Å². The molecule has 0 saturated heterocycles. The van der Waals surface area contributed by atoms with Crippen molar-refractivity contribution in [3.05, 3.63) is 259 Å². The number of hydrogen-bond acceptors (Lipinski definition) is 4. The van der Waals surface area contributed by atoms with Gasteiger partial charge in [0.05, 0.1) is 0 Å². The van der Waals surface area contributed by atoms with E-state index in [4.69, 9.17) is 9.72 Å². The Morgan fingerprint density at radius 2 is 0.897 bits per heavy atom. The molecule has 8 heteroatoms. The van der Waals surface area contributed by atoms with Crippen LogP contribution in [0.5, 0.6) is 11.6 Å². The van der Waals surface area contributed by atoms with Crippen LogP contribution in [0.4, 0.5) is 22.9 Å². The van der Waals surface area contributed by atoms with Crippen LogP contribution in [0, 0.1) is 3.80 Å². The van der Waals surface area contributed by atoms with Crippen LogP contribution in [-0.4, -0.2) is 21.1 Å². The zero-order valence-electron chi connectivity index (χ0n) is 36.8. The SMILES string of the molecule is [Pt]=[c]1n(-c2cccc(Oc3cccc(N4B(c5ccccc5)N(c5ccccc5)c5ccccc54)n3)c2)c2ccccc2n1-c1c(-c2ccccc2)cccc1-c1ccc(-c2ccccc2)cc1. The molecule has 326 valence electrons. The third-order valence-corrected chi connectivity index (χ3v) is 13.6. The van der Waals surface area contributed by atoms with Crippen LogP contribution in [0.2, 0.25) is 0 Å². The summed E-state index contributed by atoms with van der Waals surface area (Å²) in [7, 11) is 0. The number of nitrogens with zero attached hydrogens (tertiary/aromatic N) is 5. The van der Waals surface area contributed by atoms with Gasteiger partial charge >= 0.3 is 325 Å². The van der Waals surface area contributed by atoms with Gasteiger partial charge in [0.15, 0.2) is 0 Å². The van der Waals surface area contributed by atoms with E-state index < -0.39 is 0 Å². The standard InChI is InChI=1S/C60H42BN5O.Pt/c1-5-20-44(21-6-1)45-38-40-47(41-39-45)53-31-18-30-52(46-22-7-2-8-23-46)60(53)64-43-63(54-32-13-14-33-55(54)64)50-28-17-29-51(42-50)67-59-37-19-36-58(62-59)66-57-35-16-15-34-56(57)65(49-26-11-4-12-27-49)61(66)48-24-9-3-10-25-48;/h1-42H;. The Hall–Kier alpha value is -8.25. The van der Waals surface area contributed by atoms with Gasteiger partial charge in [-0.05, 0) is 18.2 Å². The van der Waals surface area contributed by atoms with Gasteiger partial charge in [-0.25, -0.2) is 0 Å². The van der Waals surface area contributed by atoms with Gasteiger partial charge in [0.1, 0.15) is 0 Å². The molecule has 0 fully saturated rings. The van der Waals surface area contributed by atoms with Crippen LogP contribution in [0.25, 0.3) is 55.8 Å². The Balaban J connectivity index is 0.944. The van der Waals surface area contributed by atoms with Crippen molar-refractivity contribution in [1.29, 1.82) is 0 Å². The van der Waals surface area contributed by atoms with Crippen molar-refractivity contribution in [3.63, 3.8) is 0 Å². The molecule has 0 N–H and O–H groups in total. The molecule has 0 radical (unpaired) electrons. The second-order valence-electron chi connectivity index (χ2n) is 16.7. The molecule has 2 aromatic heterocycles. The van der Waals surface area contributed by atoms with Crippen LogP contribution >= 0.6 is 0 Å². The molecule has 11 aromatic rings. The summed E-state index contributed by atoms with van der Waals surface area (Å²) >= 11 is 2.50. The van der Waals surface area contributed by atoms with Crippen LogP contribution in [0.1, 0.15) is 0 Å². The van der Waals surface area contributed by atoms with Gasteiger partial charge in [-0.1, -0.05) is 60.7 Å². The first-order valence-electron chi connectivity index (χ1n) is 22.7. The predicted octanol–water partition coefficient (Wildman–Crippen LogP) is 14.4. The van der Waals surface area contributed by atoms with Crippen molar-refractivity contribution >= 4 is 46.4 Å². The van der Waals surface area contributed by atoms with Gasteiger partial charge in [0, 0.05) is 5.69 Å². The van der Waals surface area contributed by atoms with E-state index in [1.165, 1.54) is 11.1 Å². The number of ether oxygens (including phenoxy) is 1. The molecule has 12 rings (SSSR count). The summed E-state index contributed by atoms with van der Waals surface area (Å²) in [6, 6.07) is 89.6. The third-order valence-electron chi connectivity index (χ3n) is 12.6. The summed E-state index contributed by atoms with van der Waals surface area (Å²) < 4.78 is 12.5. The van der Waals surface area contributed by atoms with Gasteiger partial charge in [-0.3, -0.25) is 0 Å². The van der Waals surface area contributed by atoms with Gasteiger partial charge in [0.25, 0.3) is 0 Å². The third kappa shape index (κ3) is 7.47. The van der Waals surface area contributed by atoms with Crippen LogP contribution in [0.15, 0.2) is 255 Å². The van der Waals surface area contributed by atoms with Crippen molar-refractivity contribution in [1.82, 2.24) is 14.1 Å². The van der Waals surface area contributed by atoms with Crippen molar-refractivity contribution in [2.24, 2.45) is 0 Å². The number of imidazole rings is 1. The molecule has 1 aliphatic heterocycles. The monoisotopic (exact) mass is 1050 g/mol. The number of aromatic nitrogens is 3. The predicted molar refractivity (Wildman–Crippen MR) is 275 cm³/mol. The Labute approximate surface area is 406 Å². The second-order valence-corrected chi connectivity index (χ2v) is 17.7. The summed E-state index contributed by atoms with van der Waals surface area (Å²) in [5, 5.41) is 0. The van der Waals surface area contributed by atoms with E-state index in [9.17, 15) is 0 Å². The van der Waals surface area contributed by atoms with E-state index >= 15 is 0 Å². The van der Waals surface area contributed by atoms with Gasteiger partial charge in [-0.15, -0.1) is 0 Å². The first-order valence-corrected chi connectivity index (χ1v) is 23.9. The van der Waals surface area contributed by atoms with E-state index in [1.54, 1.807) is 0 Å². The van der Waals surface area contributed by atoms with Crippen molar-refractivity contribution in [2.45, 2.75) is 0 Å². The summed E-state index contributed by atoms with van der Waals surface area (Å²) in [6.07, 6.45) is 0. The van der Waals surface area contributed by atoms with Crippen LogP contribution < -0.4 is 19.8 Å². The summed E-state index contributed by atoms with van der Waals surface area (Å²) in [5.74, 6) is 1.97. The molecule has 0 aliphatic carbocycles. The number of hydrogen-bond donors (Lipinski definition) is 0. The fourth-order valence-corrected chi connectivity index (χ4v) is 10.7. The molecule has 1 aliphatic rings. The first-order chi connectivity index (χ1) is 33.7. The number of fused-ring (bicyclic) bond motifs is 2. The molecule has 0 bridgehead atoms. The number of anilines is 4. The molecular weight excluding hydrogens is 1010 g/mol. The first kappa shape index (κ1) is 41.2. The number of rotatable bonds is 10. The van der Waals surface area contributed by atoms with E-state index in [2.05, 4.69) is 275 Å². The zero-order chi connectivity index (χ0) is 45.4. The minimum atomic E-state index is -0.181. The molecular formula is C60H42BN5OPt. The van der Waals surface area contributed by atoms with Crippen LogP contribution in [0.3, 0.4) is 0 Å². The molecule has 3 heterocycles. The Kier molecular flexibility index (Phi) is 10.8. The molecule has 9 aromatic carbocycles. The quantitative estimate of drug-likeness (QED) is 0.128. The normalized spacial score (nSPS) is 12.1. The van der Waals surface area contributed by atoms with Crippen LogP contribution in [-0.2, 0) is 19.4 Å². The Bertz CT molecular complexity index is 3640. The summed E-state index contributed by atoms with van der Waals surface area (Å²) in [4.78, 5) is 9.93. The van der Waals surface area contributed by atoms with Crippen molar-refractivity contribution in [3.8, 4) is 56.4 Å². The molecule has 6 nitrogen and oxygen atoms in total. The van der Waals surface area contributed by atoms with Gasteiger partial charge in [0.2, 0.25) is 0 Å². The molecule has 0 spiro atoms. The fraction of sp³-hybridized carbons (Fsp3) is 0. The fourth-order valence-electron chi connectivity index (χ4n) is 9.60. The van der Waals surface area contributed by atoms with Gasteiger partial charge < -0.3 is 0 Å². The summed E-state index contributed by atoms with van der Waals surface area (Å²) in [5.41, 5.74) is 15.6. The molecule has 0 unspecified atom stereocenters. The van der Waals surface area contributed by atoms with E-state index in [-0.39, 0.29) is 6.98 Å². The van der Waals surface area contributed by atoms with E-state index in [1.807, 2.05) is 18.2 Å².